The van der Waals surface area contributed by atoms with Crippen molar-refractivity contribution >= 4 is 34.1 Å². The normalized spacial score (nSPS) is 32.8. The van der Waals surface area contributed by atoms with Gasteiger partial charge in [-0.15, -0.1) is 11.3 Å². The summed E-state index contributed by atoms with van der Waals surface area (Å²) in [5.41, 5.74) is 2.23. The predicted molar refractivity (Wildman–Crippen MR) is 87.4 cm³/mol. The molecule has 1 saturated heterocycles. The molecule has 2 atom stereocenters. The number of aromatic nitrogens is 1. The van der Waals surface area contributed by atoms with Crippen molar-refractivity contribution in [1.29, 1.82) is 0 Å². The van der Waals surface area contributed by atoms with Crippen molar-refractivity contribution in [2.75, 3.05) is 5.43 Å². The molecule has 0 radical (unpaired) electrons. The molecule has 0 aromatic carbocycles. The van der Waals surface area contributed by atoms with E-state index >= 15 is 0 Å². The highest BCUT2D eigenvalue weighted by molar-refractivity contribution is 7.13. The van der Waals surface area contributed by atoms with E-state index in [1.807, 2.05) is 0 Å². The average molecular weight is 349 g/mol. The molecule has 3 aliphatic rings. The highest BCUT2D eigenvalue weighted by Crippen LogP contribution is 2.47. The van der Waals surface area contributed by atoms with Crippen molar-refractivity contribution in [2.24, 2.45) is 16.9 Å². The first-order valence-electron chi connectivity index (χ1n) is 8.35. The van der Waals surface area contributed by atoms with Gasteiger partial charge in [0.25, 0.3) is 11.5 Å². The van der Waals surface area contributed by atoms with E-state index in [0.29, 0.717) is 29.8 Å². The molecule has 2 saturated carbocycles. The second-order valence-corrected chi connectivity index (χ2v) is 7.54. The number of rotatable bonds is 2. The van der Waals surface area contributed by atoms with E-state index in [4.69, 9.17) is 9.47 Å². The summed E-state index contributed by atoms with van der Waals surface area (Å²) in [5, 5.41) is 6.07. The van der Waals surface area contributed by atoms with Gasteiger partial charge >= 0.3 is 11.9 Å². The summed E-state index contributed by atoms with van der Waals surface area (Å²) in [4.78, 5) is 28.5. The lowest BCUT2D eigenvalue weighted by molar-refractivity contribution is -0.247. The van der Waals surface area contributed by atoms with E-state index < -0.39 is 17.7 Å². The molecule has 7 nitrogen and oxygen atoms in total. The summed E-state index contributed by atoms with van der Waals surface area (Å²) in [6.07, 6.45) is 8.55. The predicted octanol–water partition coefficient (Wildman–Crippen LogP) is 2.70. The summed E-state index contributed by atoms with van der Waals surface area (Å²) >= 11 is 1.31. The number of hydrogen-bond donors (Lipinski definition) is 1. The molecule has 2 unspecified atom stereocenters. The Balaban J connectivity index is 1.47. The fraction of sp³-hybridized carbons (Fsp3) is 0.625. The average Bonchev–Trinajstić information content (AvgIpc) is 3.07. The monoisotopic (exact) mass is 349 g/mol. The van der Waals surface area contributed by atoms with E-state index in [2.05, 4.69) is 15.5 Å². The Morgan fingerprint density at radius 2 is 1.92 bits per heavy atom. The number of hydrogen-bond acceptors (Lipinski definition) is 8. The smallest absolute Gasteiger partial charge is 0.369 e. The molecule has 2 heterocycles. The molecule has 8 heteroatoms. The van der Waals surface area contributed by atoms with Crippen LogP contribution in [0.2, 0.25) is 0 Å². The zero-order chi connectivity index (χ0) is 16.6. The van der Waals surface area contributed by atoms with Gasteiger partial charge in [-0.25, -0.2) is 14.6 Å². The van der Waals surface area contributed by atoms with Crippen molar-refractivity contribution in [3.05, 3.63) is 11.6 Å². The molecular formula is C16H19N3O4S. The molecule has 1 aromatic heterocycles. The highest BCUT2D eigenvalue weighted by atomic mass is 32.1. The van der Waals surface area contributed by atoms with Gasteiger partial charge in [0.15, 0.2) is 0 Å². The highest BCUT2D eigenvalue weighted by Gasteiger charge is 2.52. The fourth-order valence-electron chi connectivity index (χ4n) is 4.04. The number of nitrogens with zero attached hydrogens (tertiary/aromatic N) is 2. The number of ether oxygens (including phenoxy) is 2. The SMILES string of the molecule is O=C1OC2(CCC3CCCCC3C2)OC(=O)C1=NNc1nccs1. The van der Waals surface area contributed by atoms with Gasteiger partial charge in [-0.2, -0.15) is 5.10 Å². The minimum Gasteiger partial charge on any atom is -0.417 e. The van der Waals surface area contributed by atoms with Crippen LogP contribution in [-0.2, 0) is 19.1 Å². The minimum atomic E-state index is -1.09. The third-order valence-electron chi connectivity index (χ3n) is 5.18. The number of carbonyl (C=O) groups excluding carboxylic acids is 2. The number of nitrogens with one attached hydrogen (secondary N) is 1. The maximum absolute atomic E-state index is 12.3. The summed E-state index contributed by atoms with van der Waals surface area (Å²) in [6, 6.07) is 0. The van der Waals surface area contributed by atoms with Crippen molar-refractivity contribution in [3.63, 3.8) is 0 Å². The molecule has 0 bridgehead atoms. The number of anilines is 1. The lowest BCUT2D eigenvalue weighted by Crippen LogP contribution is -2.54. The first-order valence-corrected chi connectivity index (χ1v) is 9.23. The summed E-state index contributed by atoms with van der Waals surface area (Å²) in [5.74, 6) is -1.38. The Hall–Kier alpha value is -1.96. The quantitative estimate of drug-likeness (QED) is 0.652. The largest absolute Gasteiger partial charge is 0.417 e. The third kappa shape index (κ3) is 2.90. The molecule has 128 valence electrons. The Bertz CT molecular complexity index is 653. The van der Waals surface area contributed by atoms with Crippen molar-refractivity contribution in [3.8, 4) is 0 Å². The van der Waals surface area contributed by atoms with Gasteiger partial charge in [0.2, 0.25) is 5.13 Å². The Morgan fingerprint density at radius 3 is 2.62 bits per heavy atom. The first kappa shape index (κ1) is 15.6. The van der Waals surface area contributed by atoms with Gasteiger partial charge in [0.05, 0.1) is 0 Å². The van der Waals surface area contributed by atoms with E-state index in [1.165, 1.54) is 30.6 Å². The van der Waals surface area contributed by atoms with Crippen molar-refractivity contribution < 1.29 is 19.1 Å². The van der Waals surface area contributed by atoms with E-state index in [-0.39, 0.29) is 5.71 Å². The summed E-state index contributed by atoms with van der Waals surface area (Å²) < 4.78 is 11.1. The first-order chi connectivity index (χ1) is 11.7. The fourth-order valence-corrected chi connectivity index (χ4v) is 4.51. The summed E-state index contributed by atoms with van der Waals surface area (Å²) in [7, 11) is 0. The van der Waals surface area contributed by atoms with Gasteiger partial charge in [0.1, 0.15) is 0 Å². The van der Waals surface area contributed by atoms with Crippen LogP contribution in [0.4, 0.5) is 5.13 Å². The maximum atomic E-state index is 12.3. The van der Waals surface area contributed by atoms with Crippen LogP contribution >= 0.6 is 11.3 Å². The van der Waals surface area contributed by atoms with Crippen LogP contribution in [0.1, 0.15) is 44.9 Å². The number of carbonyl (C=O) groups is 2. The topological polar surface area (TPSA) is 89.9 Å². The molecule has 1 aliphatic heterocycles. The Labute approximate surface area is 143 Å². The zero-order valence-electron chi connectivity index (χ0n) is 13.2. The van der Waals surface area contributed by atoms with E-state index in [9.17, 15) is 9.59 Å². The van der Waals surface area contributed by atoms with Crippen LogP contribution in [-0.4, -0.2) is 28.4 Å². The van der Waals surface area contributed by atoms with Gasteiger partial charge in [-0.1, -0.05) is 19.3 Å². The second-order valence-electron chi connectivity index (χ2n) is 6.65. The Kier molecular flexibility index (Phi) is 3.99. The van der Waals surface area contributed by atoms with Crippen LogP contribution in [0.25, 0.3) is 0 Å². The number of esters is 2. The molecule has 1 N–H and O–H groups in total. The van der Waals surface area contributed by atoms with Crippen LogP contribution in [0.3, 0.4) is 0 Å². The van der Waals surface area contributed by atoms with Crippen LogP contribution in [0.5, 0.6) is 0 Å². The molecular weight excluding hydrogens is 330 g/mol. The van der Waals surface area contributed by atoms with Gasteiger partial charge in [-0.05, 0) is 24.7 Å². The lowest BCUT2D eigenvalue weighted by Gasteiger charge is -2.46. The molecule has 1 spiro atoms. The lowest BCUT2D eigenvalue weighted by atomic mass is 9.69. The van der Waals surface area contributed by atoms with Crippen molar-refractivity contribution in [2.45, 2.75) is 50.7 Å². The molecule has 24 heavy (non-hydrogen) atoms. The molecule has 0 amide bonds. The van der Waals surface area contributed by atoms with Gasteiger partial charge in [0, 0.05) is 24.4 Å². The number of hydrazone groups is 1. The van der Waals surface area contributed by atoms with E-state index in [0.717, 1.165) is 12.8 Å². The van der Waals surface area contributed by atoms with Crippen molar-refractivity contribution in [1.82, 2.24) is 4.98 Å². The van der Waals surface area contributed by atoms with Gasteiger partial charge in [-0.3, -0.25) is 5.43 Å². The minimum absolute atomic E-state index is 0.360. The molecule has 2 aliphatic carbocycles. The van der Waals surface area contributed by atoms with Gasteiger partial charge < -0.3 is 9.47 Å². The number of fused-ring (bicyclic) bond motifs is 1. The maximum Gasteiger partial charge on any atom is 0.369 e. The standard InChI is InChI=1S/C16H19N3O4S/c20-13-12(18-19-15-17-7-8-24-15)14(21)23-16(22-13)6-5-10-3-1-2-4-11(10)9-16/h7-8,10-11H,1-6,9H2,(H,17,19). The Morgan fingerprint density at radius 1 is 1.17 bits per heavy atom. The summed E-state index contributed by atoms with van der Waals surface area (Å²) in [6.45, 7) is 0. The molecule has 3 fully saturated rings. The second kappa shape index (κ2) is 6.16. The zero-order valence-corrected chi connectivity index (χ0v) is 14.0. The molecule has 1 aromatic rings. The van der Waals surface area contributed by atoms with E-state index in [1.54, 1.807) is 11.6 Å². The van der Waals surface area contributed by atoms with Crippen LogP contribution < -0.4 is 5.43 Å². The van der Waals surface area contributed by atoms with Crippen LogP contribution in [0, 0.1) is 11.8 Å². The molecule has 4 rings (SSSR count). The number of thiazole rings is 1. The van der Waals surface area contributed by atoms with Crippen LogP contribution in [0.15, 0.2) is 16.7 Å². The third-order valence-corrected chi connectivity index (χ3v) is 5.85.